The van der Waals surface area contributed by atoms with Crippen molar-refractivity contribution in [1.82, 2.24) is 9.88 Å². The number of H-pyrrole nitrogens is 1. The van der Waals surface area contributed by atoms with Gasteiger partial charge in [-0.1, -0.05) is 0 Å². The lowest BCUT2D eigenvalue weighted by Crippen LogP contribution is -2.47. The van der Waals surface area contributed by atoms with Crippen LogP contribution < -0.4 is 0 Å². The van der Waals surface area contributed by atoms with E-state index in [0.717, 1.165) is 10.2 Å². The summed E-state index contributed by atoms with van der Waals surface area (Å²) < 4.78 is 1.06. The van der Waals surface area contributed by atoms with Crippen LogP contribution in [-0.2, 0) is 0 Å². The van der Waals surface area contributed by atoms with Crippen molar-refractivity contribution in [2.24, 2.45) is 5.92 Å². The van der Waals surface area contributed by atoms with Crippen LogP contribution in [0.4, 0.5) is 0 Å². The Hall–Kier alpha value is -1.37. The standard InChI is InChI=1S/C13H16N2O3S/c16-7-8-1-3-15(6-11(8)17)13(18)10-5-12-9(14-10)2-4-19-12/h2,4-5,8,11,14,16-17H,1,3,6-7H2/t8-,11-/m1/s1. The Morgan fingerprint density at radius 2 is 2.42 bits per heavy atom. The van der Waals surface area contributed by atoms with Gasteiger partial charge < -0.3 is 20.1 Å². The number of thiophene rings is 1. The predicted octanol–water partition coefficient (Wildman–Crippen LogP) is 1.04. The topological polar surface area (TPSA) is 76.6 Å². The van der Waals surface area contributed by atoms with Crippen molar-refractivity contribution in [2.45, 2.75) is 12.5 Å². The van der Waals surface area contributed by atoms with Gasteiger partial charge in [-0.2, -0.15) is 0 Å². The number of hydrogen-bond acceptors (Lipinski definition) is 4. The van der Waals surface area contributed by atoms with Crippen LogP contribution in [0.2, 0.25) is 0 Å². The molecule has 1 fully saturated rings. The van der Waals surface area contributed by atoms with Crippen molar-refractivity contribution in [1.29, 1.82) is 0 Å². The average Bonchev–Trinajstić information content (AvgIpc) is 2.98. The van der Waals surface area contributed by atoms with E-state index in [-0.39, 0.29) is 25.0 Å². The summed E-state index contributed by atoms with van der Waals surface area (Å²) in [4.78, 5) is 17.1. The number of fused-ring (bicyclic) bond motifs is 1. The van der Waals surface area contributed by atoms with Crippen LogP contribution in [0.5, 0.6) is 0 Å². The first-order valence-corrected chi connectivity index (χ1v) is 7.21. The van der Waals surface area contributed by atoms with Crippen molar-refractivity contribution in [3.8, 4) is 0 Å². The lowest BCUT2D eigenvalue weighted by atomic mass is 9.94. The number of rotatable bonds is 2. The number of aliphatic hydroxyl groups is 2. The molecule has 1 amide bonds. The molecule has 102 valence electrons. The second-order valence-electron chi connectivity index (χ2n) is 4.93. The van der Waals surface area contributed by atoms with Crippen LogP contribution in [0, 0.1) is 5.92 Å². The molecule has 0 radical (unpaired) electrons. The quantitative estimate of drug-likeness (QED) is 0.769. The third-order valence-corrected chi connectivity index (χ3v) is 4.58. The van der Waals surface area contributed by atoms with Crippen molar-refractivity contribution in [3.05, 3.63) is 23.2 Å². The molecular weight excluding hydrogens is 264 g/mol. The van der Waals surface area contributed by atoms with E-state index in [1.165, 1.54) is 0 Å². The molecular formula is C13H16N2O3S. The number of nitrogens with one attached hydrogen (secondary N) is 1. The van der Waals surface area contributed by atoms with E-state index in [0.29, 0.717) is 18.7 Å². The SMILES string of the molecule is O=C(c1cc2sccc2[nH]1)N1CC[C@H](CO)[C@H](O)C1. The Kier molecular flexibility index (Phi) is 3.30. The number of carbonyl (C=O) groups excluding carboxylic acids is 1. The second-order valence-corrected chi connectivity index (χ2v) is 5.88. The van der Waals surface area contributed by atoms with Gasteiger partial charge in [-0.05, 0) is 23.9 Å². The number of amides is 1. The summed E-state index contributed by atoms with van der Waals surface area (Å²) in [5.41, 5.74) is 1.54. The largest absolute Gasteiger partial charge is 0.396 e. The van der Waals surface area contributed by atoms with E-state index in [1.807, 2.05) is 17.5 Å². The Labute approximate surface area is 114 Å². The number of likely N-dealkylation sites (tertiary alicyclic amines) is 1. The molecule has 1 saturated heterocycles. The maximum atomic E-state index is 12.3. The smallest absolute Gasteiger partial charge is 0.270 e. The monoisotopic (exact) mass is 280 g/mol. The summed E-state index contributed by atoms with van der Waals surface area (Å²) in [6, 6.07) is 3.80. The summed E-state index contributed by atoms with van der Waals surface area (Å²) >= 11 is 1.59. The molecule has 0 spiro atoms. The molecule has 19 heavy (non-hydrogen) atoms. The fraction of sp³-hybridized carbons (Fsp3) is 0.462. The van der Waals surface area contributed by atoms with E-state index in [1.54, 1.807) is 16.2 Å². The highest BCUT2D eigenvalue weighted by Crippen LogP contribution is 2.24. The number of aromatic amines is 1. The van der Waals surface area contributed by atoms with Gasteiger partial charge in [0, 0.05) is 25.6 Å². The summed E-state index contributed by atoms with van der Waals surface area (Å²) in [5, 5.41) is 21.0. The highest BCUT2D eigenvalue weighted by molar-refractivity contribution is 7.17. The fourth-order valence-corrected chi connectivity index (χ4v) is 3.29. The van der Waals surface area contributed by atoms with Gasteiger partial charge in [0.25, 0.3) is 5.91 Å². The number of aliphatic hydroxyl groups excluding tert-OH is 2. The summed E-state index contributed by atoms with van der Waals surface area (Å²) in [6.07, 6.45) is -0.00264. The number of hydrogen-bond donors (Lipinski definition) is 3. The van der Waals surface area contributed by atoms with E-state index >= 15 is 0 Å². The molecule has 6 heteroatoms. The minimum Gasteiger partial charge on any atom is -0.396 e. The number of carbonyl (C=O) groups is 1. The Morgan fingerprint density at radius 1 is 1.58 bits per heavy atom. The first-order valence-electron chi connectivity index (χ1n) is 6.33. The van der Waals surface area contributed by atoms with Gasteiger partial charge in [0.05, 0.1) is 16.3 Å². The average molecular weight is 280 g/mol. The summed E-state index contributed by atoms with van der Waals surface area (Å²) in [6.45, 7) is 0.839. The maximum Gasteiger partial charge on any atom is 0.270 e. The molecule has 1 aliphatic rings. The van der Waals surface area contributed by atoms with Crippen molar-refractivity contribution < 1.29 is 15.0 Å². The predicted molar refractivity (Wildman–Crippen MR) is 73.3 cm³/mol. The zero-order valence-electron chi connectivity index (χ0n) is 10.4. The lowest BCUT2D eigenvalue weighted by molar-refractivity contribution is 0.000696. The zero-order valence-corrected chi connectivity index (χ0v) is 11.2. The molecule has 0 aliphatic carbocycles. The van der Waals surface area contributed by atoms with E-state index in [4.69, 9.17) is 5.11 Å². The van der Waals surface area contributed by atoms with Crippen LogP contribution in [-0.4, -0.2) is 51.8 Å². The van der Waals surface area contributed by atoms with Gasteiger partial charge in [0.2, 0.25) is 0 Å². The minimum absolute atomic E-state index is 0.0264. The molecule has 3 rings (SSSR count). The Morgan fingerprint density at radius 3 is 3.11 bits per heavy atom. The highest BCUT2D eigenvalue weighted by atomic mass is 32.1. The Balaban J connectivity index is 1.75. The van der Waals surface area contributed by atoms with Crippen molar-refractivity contribution >= 4 is 27.5 Å². The van der Waals surface area contributed by atoms with Gasteiger partial charge in [-0.15, -0.1) is 11.3 Å². The van der Waals surface area contributed by atoms with Crippen molar-refractivity contribution in [3.63, 3.8) is 0 Å². The molecule has 1 aliphatic heterocycles. The van der Waals surface area contributed by atoms with Gasteiger partial charge in [-0.3, -0.25) is 4.79 Å². The maximum absolute atomic E-state index is 12.3. The summed E-state index contributed by atoms with van der Waals surface area (Å²) in [7, 11) is 0. The van der Waals surface area contributed by atoms with Crippen LogP contribution in [0.25, 0.3) is 10.2 Å². The fourth-order valence-electron chi connectivity index (χ4n) is 2.51. The third kappa shape index (κ3) is 2.27. The molecule has 2 atom stereocenters. The van der Waals surface area contributed by atoms with Gasteiger partial charge in [0.1, 0.15) is 5.69 Å². The summed E-state index contributed by atoms with van der Waals surface area (Å²) in [5.74, 6) is -0.199. The molecule has 0 bridgehead atoms. The van der Waals surface area contributed by atoms with Crippen molar-refractivity contribution in [2.75, 3.05) is 19.7 Å². The normalized spacial score (nSPS) is 24.0. The second kappa shape index (κ2) is 4.96. The minimum atomic E-state index is -0.640. The van der Waals surface area contributed by atoms with Crippen LogP contribution in [0.15, 0.2) is 17.5 Å². The van der Waals surface area contributed by atoms with E-state index < -0.39 is 6.10 Å². The third-order valence-electron chi connectivity index (χ3n) is 3.71. The highest BCUT2D eigenvalue weighted by Gasteiger charge is 2.30. The number of aromatic nitrogens is 1. The first-order chi connectivity index (χ1) is 9.19. The van der Waals surface area contributed by atoms with Crippen LogP contribution >= 0.6 is 11.3 Å². The van der Waals surface area contributed by atoms with Gasteiger partial charge in [-0.25, -0.2) is 0 Å². The molecule has 2 aromatic heterocycles. The number of nitrogens with zero attached hydrogens (tertiary/aromatic N) is 1. The molecule has 0 aromatic carbocycles. The van der Waals surface area contributed by atoms with E-state index in [9.17, 15) is 9.90 Å². The molecule has 0 saturated carbocycles. The molecule has 5 nitrogen and oxygen atoms in total. The lowest BCUT2D eigenvalue weighted by Gasteiger charge is -2.34. The first kappa shape index (κ1) is 12.7. The molecule has 2 aromatic rings. The van der Waals surface area contributed by atoms with Gasteiger partial charge >= 0.3 is 0 Å². The van der Waals surface area contributed by atoms with E-state index in [2.05, 4.69) is 4.98 Å². The number of piperidine rings is 1. The molecule has 3 N–H and O–H groups in total. The molecule has 3 heterocycles. The molecule has 0 unspecified atom stereocenters. The van der Waals surface area contributed by atoms with Crippen LogP contribution in [0.3, 0.4) is 0 Å². The number of β-amino-alcohol motifs (C(OH)–C–C–N with tert-alkyl or cyclic N) is 1. The zero-order chi connectivity index (χ0) is 13.4. The van der Waals surface area contributed by atoms with Crippen LogP contribution in [0.1, 0.15) is 16.9 Å². The van der Waals surface area contributed by atoms with Gasteiger partial charge in [0.15, 0.2) is 0 Å². The Bertz CT molecular complexity index is 563.